The lowest BCUT2D eigenvalue weighted by Gasteiger charge is -2.45. The van der Waals surface area contributed by atoms with Gasteiger partial charge < -0.3 is 19.5 Å². The van der Waals surface area contributed by atoms with E-state index in [0.717, 1.165) is 0 Å². The molecule has 4 aliphatic heterocycles. The molecule has 1 fully saturated rings. The monoisotopic (exact) mass is 498 g/mol. The van der Waals surface area contributed by atoms with Crippen molar-refractivity contribution in [3.63, 3.8) is 0 Å². The molecule has 1 aromatic rings. The third-order valence-electron chi connectivity index (χ3n) is 6.42. The second-order valence-electron chi connectivity index (χ2n) is 8.92. The van der Waals surface area contributed by atoms with Crippen LogP contribution < -0.4 is 15.5 Å². The van der Waals surface area contributed by atoms with Crippen LogP contribution in [0.1, 0.15) is 25.5 Å². The molecule has 0 aliphatic carbocycles. The first-order valence-corrected chi connectivity index (χ1v) is 11.2. The van der Waals surface area contributed by atoms with Crippen LogP contribution in [0.15, 0.2) is 40.1 Å². The SMILES string of the molecule is COC1=NC2(C)N=C(C(F)(F)F)NN2C(N[C@H]2c3ccc(F)cc3OC[C@@H]2N2CCO[C@H](C)C2)=C1. The molecule has 0 bridgehead atoms. The molecular formula is C22H26F4N6O3. The zero-order valence-corrected chi connectivity index (χ0v) is 19.4. The van der Waals surface area contributed by atoms with Gasteiger partial charge in [-0.05, 0) is 13.0 Å². The highest BCUT2D eigenvalue weighted by molar-refractivity contribution is 5.93. The van der Waals surface area contributed by atoms with E-state index in [4.69, 9.17) is 14.2 Å². The van der Waals surface area contributed by atoms with E-state index in [1.54, 1.807) is 6.07 Å². The number of aliphatic imine (C=N–C) groups is 2. The largest absolute Gasteiger partial charge is 0.491 e. The minimum absolute atomic E-state index is 0.00595. The minimum Gasteiger partial charge on any atom is -0.491 e. The molecule has 0 amide bonds. The van der Waals surface area contributed by atoms with Crippen LogP contribution in [0.5, 0.6) is 5.75 Å². The Hall–Kier alpha value is -3.06. The maximum atomic E-state index is 14.0. The fraction of sp³-hybridized carbons (Fsp3) is 0.545. The van der Waals surface area contributed by atoms with Gasteiger partial charge in [0.05, 0.1) is 31.9 Å². The molecule has 13 heteroatoms. The average Bonchev–Trinajstić information content (AvgIpc) is 3.17. The fourth-order valence-corrected chi connectivity index (χ4v) is 4.79. The number of fused-ring (bicyclic) bond motifs is 2. The molecule has 5 rings (SSSR count). The Morgan fingerprint density at radius 2 is 2.09 bits per heavy atom. The van der Waals surface area contributed by atoms with Crippen molar-refractivity contribution in [2.24, 2.45) is 9.98 Å². The number of ether oxygens (including phenoxy) is 3. The smallest absolute Gasteiger partial charge is 0.450 e. The summed E-state index contributed by atoms with van der Waals surface area (Å²) in [5.74, 6) is -2.46. The highest BCUT2D eigenvalue weighted by Crippen LogP contribution is 2.39. The molecule has 4 heterocycles. The predicted octanol–water partition coefficient (Wildman–Crippen LogP) is 2.29. The van der Waals surface area contributed by atoms with Crippen molar-refractivity contribution < 1.29 is 31.8 Å². The first-order valence-electron chi connectivity index (χ1n) is 11.2. The summed E-state index contributed by atoms with van der Waals surface area (Å²) < 4.78 is 71.3. The molecule has 4 aliphatic rings. The molecule has 1 saturated heterocycles. The van der Waals surface area contributed by atoms with Crippen molar-refractivity contribution in [1.29, 1.82) is 0 Å². The summed E-state index contributed by atoms with van der Waals surface area (Å²) >= 11 is 0. The highest BCUT2D eigenvalue weighted by atomic mass is 19.4. The van der Waals surface area contributed by atoms with Crippen molar-refractivity contribution in [2.45, 2.75) is 44.0 Å². The number of alkyl halides is 3. The van der Waals surface area contributed by atoms with Crippen molar-refractivity contribution in [3.8, 4) is 5.75 Å². The van der Waals surface area contributed by atoms with Gasteiger partial charge in [0.25, 0.3) is 0 Å². The predicted molar refractivity (Wildman–Crippen MR) is 118 cm³/mol. The van der Waals surface area contributed by atoms with Crippen molar-refractivity contribution >= 4 is 11.7 Å². The molecule has 0 saturated carbocycles. The van der Waals surface area contributed by atoms with Crippen molar-refractivity contribution in [1.82, 2.24) is 20.7 Å². The Bertz CT molecular complexity index is 1090. The maximum absolute atomic E-state index is 14.0. The van der Waals surface area contributed by atoms with Gasteiger partial charge in [0.2, 0.25) is 17.5 Å². The van der Waals surface area contributed by atoms with E-state index in [0.29, 0.717) is 31.0 Å². The van der Waals surface area contributed by atoms with Gasteiger partial charge in [0.1, 0.15) is 24.0 Å². The van der Waals surface area contributed by atoms with Crippen LogP contribution in [0.25, 0.3) is 0 Å². The van der Waals surface area contributed by atoms with E-state index in [2.05, 4.69) is 25.6 Å². The summed E-state index contributed by atoms with van der Waals surface area (Å²) in [6.45, 7) is 5.52. The summed E-state index contributed by atoms with van der Waals surface area (Å²) in [5.41, 5.74) is 3.01. The normalized spacial score (nSPS) is 30.8. The third kappa shape index (κ3) is 4.38. The quantitative estimate of drug-likeness (QED) is 0.619. The van der Waals surface area contributed by atoms with Gasteiger partial charge in [-0.1, -0.05) is 6.07 Å². The van der Waals surface area contributed by atoms with Crippen LogP contribution in [0.3, 0.4) is 0 Å². The zero-order chi connectivity index (χ0) is 25.0. The minimum atomic E-state index is -4.69. The number of amidine groups is 1. The Labute approximate surface area is 199 Å². The van der Waals surface area contributed by atoms with E-state index >= 15 is 0 Å². The Balaban J connectivity index is 1.51. The van der Waals surface area contributed by atoms with E-state index in [1.165, 1.54) is 37.3 Å². The fourth-order valence-electron chi connectivity index (χ4n) is 4.79. The lowest BCUT2D eigenvalue weighted by Crippen LogP contribution is -2.58. The summed E-state index contributed by atoms with van der Waals surface area (Å²) in [4.78, 5) is 10.2. The summed E-state index contributed by atoms with van der Waals surface area (Å²) in [6, 6.07) is 3.61. The molecule has 1 aromatic carbocycles. The number of halogens is 4. The van der Waals surface area contributed by atoms with Gasteiger partial charge in [0.15, 0.2) is 0 Å². The lowest BCUT2D eigenvalue weighted by atomic mass is 9.94. The van der Waals surface area contributed by atoms with Gasteiger partial charge in [0, 0.05) is 37.7 Å². The molecular weight excluding hydrogens is 472 g/mol. The van der Waals surface area contributed by atoms with Crippen LogP contribution in [0, 0.1) is 5.82 Å². The number of nitrogens with zero attached hydrogens (tertiary/aromatic N) is 4. The average molecular weight is 498 g/mol. The van der Waals surface area contributed by atoms with Gasteiger partial charge in [-0.15, -0.1) is 0 Å². The molecule has 35 heavy (non-hydrogen) atoms. The van der Waals surface area contributed by atoms with Crippen LogP contribution in [0.2, 0.25) is 0 Å². The van der Waals surface area contributed by atoms with Crippen molar-refractivity contribution in [2.75, 3.05) is 33.4 Å². The first kappa shape index (κ1) is 23.7. The van der Waals surface area contributed by atoms with Gasteiger partial charge in [-0.25, -0.2) is 14.4 Å². The van der Waals surface area contributed by atoms with Gasteiger partial charge >= 0.3 is 6.18 Å². The summed E-state index contributed by atoms with van der Waals surface area (Å²) in [7, 11) is 1.38. The molecule has 1 unspecified atom stereocenters. The third-order valence-corrected chi connectivity index (χ3v) is 6.42. The molecule has 190 valence electrons. The molecule has 0 radical (unpaired) electrons. The van der Waals surface area contributed by atoms with E-state index in [-0.39, 0.29) is 30.5 Å². The number of nitrogens with one attached hydrogen (secondary N) is 2. The zero-order valence-electron chi connectivity index (χ0n) is 19.4. The molecule has 4 atom stereocenters. The highest BCUT2D eigenvalue weighted by Gasteiger charge is 2.51. The number of hydrogen-bond donors (Lipinski definition) is 2. The lowest BCUT2D eigenvalue weighted by molar-refractivity contribution is -0.0631. The van der Waals surface area contributed by atoms with Crippen LogP contribution in [-0.2, 0) is 9.47 Å². The topological polar surface area (TPSA) is 83.0 Å². The Kier molecular flexibility index (Phi) is 5.79. The molecule has 0 aromatic heterocycles. The van der Waals surface area contributed by atoms with Crippen LogP contribution >= 0.6 is 0 Å². The second-order valence-corrected chi connectivity index (χ2v) is 8.92. The molecule has 0 spiro atoms. The number of hydrazine groups is 1. The second kappa shape index (κ2) is 8.55. The summed E-state index contributed by atoms with van der Waals surface area (Å²) in [5, 5.41) is 4.58. The number of morpholine rings is 1. The Morgan fingerprint density at radius 1 is 1.29 bits per heavy atom. The standard InChI is InChI=1S/C22H26F4N6O3/c1-12-10-31(6-7-34-12)15-11-35-16-8-13(23)4-5-14(16)19(15)27-17-9-18(33-3)28-21(2)29-20(22(24,25)26)30-32(17)21/h4-5,8-9,12,15,19,27H,6-7,10-11H2,1-3H3,(H,29,30)/t12-,15+,19+,21?/m1/s1. The van der Waals surface area contributed by atoms with E-state index < -0.39 is 29.7 Å². The number of benzene rings is 1. The number of rotatable bonds is 3. The first-order chi connectivity index (χ1) is 16.6. The molecule has 2 N–H and O–H groups in total. The van der Waals surface area contributed by atoms with Crippen LogP contribution in [0.4, 0.5) is 17.6 Å². The number of methoxy groups -OCH3 is 1. The van der Waals surface area contributed by atoms with E-state index in [1.807, 2.05) is 6.92 Å². The van der Waals surface area contributed by atoms with Crippen LogP contribution in [-0.4, -0.2) is 79.2 Å². The van der Waals surface area contributed by atoms with Gasteiger partial charge in [-0.2, -0.15) is 18.2 Å². The van der Waals surface area contributed by atoms with Crippen molar-refractivity contribution in [3.05, 3.63) is 41.5 Å². The molecule has 9 nitrogen and oxygen atoms in total. The number of hydrogen-bond acceptors (Lipinski definition) is 9. The Morgan fingerprint density at radius 3 is 2.80 bits per heavy atom. The van der Waals surface area contributed by atoms with E-state index in [9.17, 15) is 17.6 Å². The maximum Gasteiger partial charge on any atom is 0.450 e. The summed E-state index contributed by atoms with van der Waals surface area (Å²) in [6.07, 6.45) is -3.18. The van der Waals surface area contributed by atoms with Gasteiger partial charge in [-0.3, -0.25) is 10.3 Å².